The Balaban J connectivity index is 1.23. The van der Waals surface area contributed by atoms with E-state index in [9.17, 15) is 4.79 Å². The van der Waals surface area contributed by atoms with Gasteiger partial charge in [0.1, 0.15) is 6.61 Å². The molecule has 0 spiro atoms. The van der Waals surface area contributed by atoms with Gasteiger partial charge in [-0.15, -0.1) is 0 Å². The number of ether oxygens (including phenoxy) is 3. The van der Waals surface area contributed by atoms with Gasteiger partial charge < -0.3 is 19.1 Å². The summed E-state index contributed by atoms with van der Waals surface area (Å²) in [7, 11) is 0. The molecule has 1 amide bonds. The Morgan fingerprint density at radius 3 is 2.65 bits per heavy atom. The fraction of sp³-hybridized carbons (Fsp3) is 0.269. The molecule has 0 aromatic heterocycles. The zero-order valence-corrected chi connectivity index (χ0v) is 17.1. The second-order valence-corrected chi connectivity index (χ2v) is 8.38. The molecule has 1 saturated heterocycles. The number of hydrogen-bond donors (Lipinski definition) is 0. The van der Waals surface area contributed by atoms with Gasteiger partial charge in [-0.3, -0.25) is 0 Å². The van der Waals surface area contributed by atoms with E-state index in [1.54, 1.807) is 0 Å². The van der Waals surface area contributed by atoms with Gasteiger partial charge in [0, 0.05) is 6.54 Å². The van der Waals surface area contributed by atoms with Crippen LogP contribution >= 0.6 is 0 Å². The molecule has 5 nitrogen and oxygen atoms in total. The average molecular weight is 413 g/mol. The molecule has 31 heavy (non-hydrogen) atoms. The summed E-state index contributed by atoms with van der Waals surface area (Å²) in [5.41, 5.74) is 5.91. The maximum Gasteiger partial charge on any atom is 0.410 e. The van der Waals surface area contributed by atoms with Gasteiger partial charge in [0.15, 0.2) is 11.5 Å². The molecule has 0 N–H and O–H groups in total. The summed E-state index contributed by atoms with van der Waals surface area (Å²) in [5, 5.41) is 0. The predicted octanol–water partition coefficient (Wildman–Crippen LogP) is 5.65. The fourth-order valence-electron chi connectivity index (χ4n) is 5.05. The van der Waals surface area contributed by atoms with Crippen molar-refractivity contribution in [2.24, 2.45) is 0 Å². The van der Waals surface area contributed by atoms with Crippen molar-refractivity contribution < 1.29 is 19.0 Å². The Morgan fingerprint density at radius 1 is 0.935 bits per heavy atom. The molecule has 156 valence electrons. The number of carbonyl (C=O) groups excluding carboxylic acids is 1. The van der Waals surface area contributed by atoms with Gasteiger partial charge in [0.25, 0.3) is 0 Å². The molecular weight excluding hydrogens is 390 g/mol. The van der Waals surface area contributed by atoms with Gasteiger partial charge in [-0.2, -0.15) is 0 Å². The fourth-order valence-corrected chi connectivity index (χ4v) is 5.05. The third kappa shape index (κ3) is 3.21. The summed E-state index contributed by atoms with van der Waals surface area (Å²) < 4.78 is 16.6. The molecule has 2 bridgehead atoms. The quantitative estimate of drug-likeness (QED) is 0.556. The van der Waals surface area contributed by atoms with Crippen LogP contribution in [0.1, 0.15) is 41.5 Å². The first kappa shape index (κ1) is 18.3. The topological polar surface area (TPSA) is 48.0 Å². The van der Waals surface area contributed by atoms with Gasteiger partial charge in [-0.1, -0.05) is 54.6 Å². The van der Waals surface area contributed by atoms with Gasteiger partial charge in [0.05, 0.1) is 6.04 Å². The summed E-state index contributed by atoms with van der Waals surface area (Å²) >= 11 is 0. The summed E-state index contributed by atoms with van der Waals surface area (Å²) in [6.07, 6.45) is 1.72. The van der Waals surface area contributed by atoms with Crippen molar-refractivity contribution in [3.8, 4) is 22.6 Å². The van der Waals surface area contributed by atoms with Crippen LogP contribution in [0.4, 0.5) is 4.79 Å². The predicted molar refractivity (Wildman–Crippen MR) is 116 cm³/mol. The van der Waals surface area contributed by atoms with Crippen LogP contribution in [0.15, 0.2) is 66.7 Å². The lowest BCUT2D eigenvalue weighted by Crippen LogP contribution is -2.37. The lowest BCUT2D eigenvalue weighted by molar-refractivity contribution is 0.0694. The van der Waals surface area contributed by atoms with Gasteiger partial charge in [-0.25, -0.2) is 4.79 Å². The van der Waals surface area contributed by atoms with Crippen LogP contribution in [0.5, 0.6) is 11.5 Å². The average Bonchev–Trinajstić information content (AvgIpc) is 3.40. The minimum absolute atomic E-state index is 0.0998. The highest BCUT2D eigenvalue weighted by Gasteiger charge is 2.41. The Labute approximate surface area is 181 Å². The van der Waals surface area contributed by atoms with Crippen LogP contribution in [0, 0.1) is 0 Å². The summed E-state index contributed by atoms with van der Waals surface area (Å²) in [6, 6.07) is 22.6. The first-order chi connectivity index (χ1) is 15.3. The highest BCUT2D eigenvalue weighted by Crippen LogP contribution is 2.50. The van der Waals surface area contributed by atoms with Crippen LogP contribution in [-0.4, -0.2) is 24.3 Å². The van der Waals surface area contributed by atoms with E-state index in [0.717, 1.165) is 42.0 Å². The molecule has 6 rings (SSSR count). The normalized spacial score (nSPS) is 20.5. The third-order valence-corrected chi connectivity index (χ3v) is 6.63. The van der Waals surface area contributed by atoms with Crippen LogP contribution in [0.3, 0.4) is 0 Å². The van der Waals surface area contributed by atoms with Crippen molar-refractivity contribution in [3.63, 3.8) is 0 Å². The molecule has 0 radical (unpaired) electrons. The molecule has 3 aromatic rings. The number of hydrogen-bond acceptors (Lipinski definition) is 4. The molecule has 2 atom stereocenters. The second-order valence-electron chi connectivity index (χ2n) is 8.38. The lowest BCUT2D eigenvalue weighted by atomic mass is 9.93. The SMILES string of the molecule is O=C(OCc1ccccc1)N1CCC2CC1c1ccc(-c3ccc4c(c3)OCO4)cc12. The summed E-state index contributed by atoms with van der Waals surface area (Å²) in [4.78, 5) is 14.8. The van der Waals surface area contributed by atoms with Crippen LogP contribution in [-0.2, 0) is 11.3 Å². The van der Waals surface area contributed by atoms with E-state index in [1.165, 1.54) is 16.7 Å². The van der Waals surface area contributed by atoms with E-state index < -0.39 is 0 Å². The Bertz CT molecular complexity index is 1140. The van der Waals surface area contributed by atoms with E-state index in [4.69, 9.17) is 14.2 Å². The monoisotopic (exact) mass is 413 g/mol. The summed E-state index contributed by atoms with van der Waals surface area (Å²) in [6.45, 7) is 1.32. The van der Waals surface area contributed by atoms with Crippen molar-refractivity contribution in [1.82, 2.24) is 4.90 Å². The smallest absolute Gasteiger partial charge is 0.410 e. The first-order valence-electron chi connectivity index (χ1n) is 10.8. The third-order valence-electron chi connectivity index (χ3n) is 6.63. The zero-order chi connectivity index (χ0) is 20.8. The Hall–Kier alpha value is -3.47. The lowest BCUT2D eigenvalue weighted by Gasteiger charge is -2.32. The first-order valence-corrected chi connectivity index (χ1v) is 10.8. The van der Waals surface area contributed by atoms with Crippen molar-refractivity contribution in [2.75, 3.05) is 13.3 Å². The highest BCUT2D eigenvalue weighted by molar-refractivity contribution is 5.72. The Kier molecular flexibility index (Phi) is 4.34. The van der Waals surface area contributed by atoms with E-state index in [0.29, 0.717) is 12.5 Å². The van der Waals surface area contributed by atoms with E-state index >= 15 is 0 Å². The number of benzene rings is 3. The van der Waals surface area contributed by atoms with Crippen molar-refractivity contribution in [1.29, 1.82) is 0 Å². The van der Waals surface area contributed by atoms with Crippen molar-refractivity contribution in [3.05, 3.63) is 83.4 Å². The van der Waals surface area contributed by atoms with Crippen LogP contribution in [0.25, 0.3) is 11.1 Å². The zero-order valence-electron chi connectivity index (χ0n) is 17.1. The molecular formula is C26H23NO4. The van der Waals surface area contributed by atoms with Gasteiger partial charge >= 0.3 is 6.09 Å². The van der Waals surface area contributed by atoms with Gasteiger partial charge in [0.2, 0.25) is 6.79 Å². The molecule has 0 saturated carbocycles. The van der Waals surface area contributed by atoms with Crippen LogP contribution < -0.4 is 9.47 Å². The number of nitrogens with zero attached hydrogens (tertiary/aromatic N) is 1. The molecule has 2 aliphatic heterocycles. The molecule has 1 fully saturated rings. The number of piperidine rings is 1. The maximum absolute atomic E-state index is 12.8. The second kappa shape index (κ2) is 7.34. The largest absolute Gasteiger partial charge is 0.454 e. The molecule has 2 unspecified atom stereocenters. The standard InChI is InChI=1S/C26H23NO4/c28-26(29-15-17-4-2-1-3-5-17)27-11-10-20-13-23(27)21-8-6-18(12-22(20)21)19-7-9-24-25(14-19)31-16-30-24/h1-9,12,14,20,23H,10-11,13,15-16H2. The van der Waals surface area contributed by atoms with E-state index in [2.05, 4.69) is 24.3 Å². The molecule has 1 aliphatic carbocycles. The number of amides is 1. The highest BCUT2D eigenvalue weighted by atomic mass is 16.7. The Morgan fingerprint density at radius 2 is 1.74 bits per heavy atom. The van der Waals surface area contributed by atoms with Crippen molar-refractivity contribution >= 4 is 6.09 Å². The number of rotatable bonds is 3. The van der Waals surface area contributed by atoms with E-state index in [-0.39, 0.29) is 18.9 Å². The minimum Gasteiger partial charge on any atom is -0.454 e. The molecule has 2 heterocycles. The number of likely N-dealkylation sites (tertiary alicyclic amines) is 1. The van der Waals surface area contributed by atoms with Crippen molar-refractivity contribution in [2.45, 2.75) is 31.4 Å². The number of carbonyl (C=O) groups is 1. The molecule has 3 aliphatic rings. The molecule has 3 aromatic carbocycles. The molecule has 5 heteroatoms. The summed E-state index contributed by atoms with van der Waals surface area (Å²) in [5.74, 6) is 2.08. The van der Waals surface area contributed by atoms with Crippen LogP contribution in [0.2, 0.25) is 0 Å². The van der Waals surface area contributed by atoms with Gasteiger partial charge in [-0.05, 0) is 58.7 Å². The minimum atomic E-state index is -0.222. The number of fused-ring (bicyclic) bond motifs is 6. The maximum atomic E-state index is 12.8. The van der Waals surface area contributed by atoms with E-state index in [1.807, 2.05) is 47.4 Å².